The van der Waals surface area contributed by atoms with Crippen LogP contribution in [-0.4, -0.2) is 48.7 Å². The van der Waals surface area contributed by atoms with Crippen LogP contribution in [0.15, 0.2) is 12.1 Å². The van der Waals surface area contributed by atoms with E-state index in [1.807, 2.05) is 12.1 Å². The van der Waals surface area contributed by atoms with E-state index >= 15 is 0 Å². The lowest BCUT2D eigenvalue weighted by atomic mass is 10.2. The van der Waals surface area contributed by atoms with Gasteiger partial charge in [0.2, 0.25) is 5.88 Å². The van der Waals surface area contributed by atoms with Crippen molar-refractivity contribution in [2.75, 3.05) is 43.4 Å². The fraction of sp³-hybridized carbons (Fsp3) is 0.688. The van der Waals surface area contributed by atoms with E-state index in [1.54, 1.807) is 0 Å². The molecule has 1 aliphatic heterocycles. The van der Waals surface area contributed by atoms with Gasteiger partial charge in [0.15, 0.2) is 0 Å². The van der Waals surface area contributed by atoms with Gasteiger partial charge in [-0.2, -0.15) is 4.98 Å². The molecule has 0 aromatic carbocycles. The minimum Gasteiger partial charge on any atom is -0.476 e. The molecule has 0 radical (unpaired) electrons. The van der Waals surface area contributed by atoms with Crippen LogP contribution < -0.4 is 15.4 Å². The van der Waals surface area contributed by atoms with Crippen molar-refractivity contribution in [2.45, 2.75) is 39.7 Å². The molecule has 2 heterocycles. The topological polar surface area (TPSA) is 54.6 Å². The second-order valence-corrected chi connectivity index (χ2v) is 5.69. The number of anilines is 2. The molecule has 0 amide bonds. The van der Waals surface area contributed by atoms with Gasteiger partial charge < -0.3 is 15.4 Å². The average molecular weight is 292 g/mol. The second-order valence-electron chi connectivity index (χ2n) is 5.69. The number of nitrogen functional groups attached to an aromatic ring is 1. The first-order valence-electron chi connectivity index (χ1n) is 8.04. The van der Waals surface area contributed by atoms with Crippen LogP contribution in [0, 0.1) is 0 Å². The van der Waals surface area contributed by atoms with Gasteiger partial charge in [0.1, 0.15) is 5.82 Å². The number of nitrogens with two attached hydrogens (primary N) is 1. The first-order chi connectivity index (χ1) is 10.2. The van der Waals surface area contributed by atoms with E-state index in [9.17, 15) is 0 Å². The van der Waals surface area contributed by atoms with Gasteiger partial charge in [0.05, 0.1) is 12.3 Å². The number of pyridine rings is 1. The van der Waals surface area contributed by atoms with Crippen LogP contribution in [0.5, 0.6) is 5.88 Å². The summed E-state index contributed by atoms with van der Waals surface area (Å²) in [5.41, 5.74) is 6.54. The number of hydrogen-bond donors (Lipinski definition) is 1. The third kappa shape index (κ3) is 4.00. The molecule has 5 heteroatoms. The van der Waals surface area contributed by atoms with Crippen molar-refractivity contribution in [1.29, 1.82) is 0 Å². The van der Waals surface area contributed by atoms with Crippen LogP contribution in [0.1, 0.15) is 33.6 Å². The smallest absolute Gasteiger partial charge is 0.239 e. The van der Waals surface area contributed by atoms with E-state index in [0.29, 0.717) is 24.2 Å². The maximum absolute atomic E-state index is 5.93. The zero-order valence-corrected chi connectivity index (χ0v) is 13.5. The minimum atomic E-state index is 0.568. The number of aromatic nitrogens is 1. The quantitative estimate of drug-likeness (QED) is 0.872. The Kier molecular flexibility index (Phi) is 5.67. The maximum Gasteiger partial charge on any atom is 0.239 e. The van der Waals surface area contributed by atoms with Crippen LogP contribution in [0.2, 0.25) is 0 Å². The molecule has 1 aromatic heterocycles. The maximum atomic E-state index is 5.93. The standard InChI is InChI=1S/C16H28N4O/c1-4-12-21-16-14(17)6-7-15(18-16)20-10-8-19(9-11-20)13(3)5-2/h6-7,13H,4-5,8-12,17H2,1-3H3. The number of rotatable bonds is 6. The summed E-state index contributed by atoms with van der Waals surface area (Å²) in [7, 11) is 0. The second kappa shape index (κ2) is 7.50. The van der Waals surface area contributed by atoms with Crippen LogP contribution >= 0.6 is 0 Å². The summed E-state index contributed by atoms with van der Waals surface area (Å²) in [5.74, 6) is 1.54. The molecule has 21 heavy (non-hydrogen) atoms. The summed E-state index contributed by atoms with van der Waals surface area (Å²) < 4.78 is 5.62. The van der Waals surface area contributed by atoms with E-state index < -0.39 is 0 Å². The molecule has 0 spiro atoms. The third-order valence-electron chi connectivity index (χ3n) is 4.17. The number of piperazine rings is 1. The van der Waals surface area contributed by atoms with Crippen LogP contribution in [0.4, 0.5) is 11.5 Å². The van der Waals surface area contributed by atoms with Crippen molar-refractivity contribution in [3.05, 3.63) is 12.1 Å². The van der Waals surface area contributed by atoms with E-state index in [-0.39, 0.29) is 0 Å². The predicted molar refractivity (Wildman–Crippen MR) is 88.0 cm³/mol. The van der Waals surface area contributed by atoms with Gasteiger partial charge in [-0.3, -0.25) is 4.90 Å². The van der Waals surface area contributed by atoms with Crippen LogP contribution in [0.25, 0.3) is 0 Å². The van der Waals surface area contributed by atoms with Crippen molar-refractivity contribution in [1.82, 2.24) is 9.88 Å². The molecule has 1 saturated heterocycles. The largest absolute Gasteiger partial charge is 0.476 e. The summed E-state index contributed by atoms with van der Waals surface area (Å²) in [6.07, 6.45) is 2.16. The molecular weight excluding hydrogens is 264 g/mol. The van der Waals surface area contributed by atoms with Crippen molar-refractivity contribution >= 4 is 11.5 Å². The Morgan fingerprint density at radius 3 is 2.57 bits per heavy atom. The zero-order chi connectivity index (χ0) is 15.2. The molecule has 118 valence electrons. The van der Waals surface area contributed by atoms with E-state index in [2.05, 4.69) is 35.6 Å². The van der Waals surface area contributed by atoms with Gasteiger partial charge in [0, 0.05) is 32.2 Å². The number of nitrogens with zero attached hydrogens (tertiary/aromatic N) is 3. The van der Waals surface area contributed by atoms with Gasteiger partial charge in [-0.1, -0.05) is 13.8 Å². The first-order valence-corrected chi connectivity index (χ1v) is 8.04. The molecule has 1 aliphatic rings. The van der Waals surface area contributed by atoms with Crippen LogP contribution in [-0.2, 0) is 0 Å². The summed E-state index contributed by atoms with van der Waals surface area (Å²) in [4.78, 5) is 9.44. The van der Waals surface area contributed by atoms with Gasteiger partial charge in [-0.05, 0) is 31.9 Å². The SMILES string of the molecule is CCCOc1nc(N2CCN(C(C)CC)CC2)ccc1N. The van der Waals surface area contributed by atoms with E-state index in [0.717, 1.165) is 38.4 Å². The van der Waals surface area contributed by atoms with Crippen molar-refractivity contribution in [3.8, 4) is 5.88 Å². The fourth-order valence-electron chi connectivity index (χ4n) is 2.58. The highest BCUT2D eigenvalue weighted by Gasteiger charge is 2.21. The highest BCUT2D eigenvalue weighted by molar-refractivity contribution is 5.54. The van der Waals surface area contributed by atoms with E-state index in [4.69, 9.17) is 10.5 Å². The van der Waals surface area contributed by atoms with Gasteiger partial charge >= 0.3 is 0 Å². The Balaban J connectivity index is 1.99. The minimum absolute atomic E-state index is 0.568. The highest BCUT2D eigenvalue weighted by Crippen LogP contribution is 2.24. The lowest BCUT2D eigenvalue weighted by Gasteiger charge is -2.38. The molecular formula is C16H28N4O. The third-order valence-corrected chi connectivity index (χ3v) is 4.17. The summed E-state index contributed by atoms with van der Waals surface area (Å²) in [6.45, 7) is 11.5. The molecule has 1 atom stereocenters. The molecule has 0 aliphatic carbocycles. The van der Waals surface area contributed by atoms with Crippen molar-refractivity contribution in [2.24, 2.45) is 0 Å². The van der Waals surface area contributed by atoms with Crippen molar-refractivity contribution < 1.29 is 4.74 Å². The lowest BCUT2D eigenvalue weighted by Crippen LogP contribution is -2.49. The monoisotopic (exact) mass is 292 g/mol. The Morgan fingerprint density at radius 1 is 1.24 bits per heavy atom. The van der Waals surface area contributed by atoms with E-state index in [1.165, 1.54) is 6.42 Å². The summed E-state index contributed by atoms with van der Waals surface area (Å²) in [5, 5.41) is 0. The van der Waals surface area contributed by atoms with Crippen molar-refractivity contribution in [3.63, 3.8) is 0 Å². The van der Waals surface area contributed by atoms with Gasteiger partial charge in [0.25, 0.3) is 0 Å². The Hall–Kier alpha value is -1.49. The molecule has 0 bridgehead atoms. The normalized spacial score (nSPS) is 17.8. The number of hydrogen-bond acceptors (Lipinski definition) is 5. The lowest BCUT2D eigenvalue weighted by molar-refractivity contribution is 0.192. The predicted octanol–water partition coefficient (Wildman–Crippen LogP) is 2.37. The zero-order valence-electron chi connectivity index (χ0n) is 13.5. The van der Waals surface area contributed by atoms with Gasteiger partial charge in [-0.25, -0.2) is 0 Å². The highest BCUT2D eigenvalue weighted by atomic mass is 16.5. The molecule has 1 fully saturated rings. The first kappa shape index (κ1) is 15.9. The Bertz CT molecular complexity index is 444. The molecule has 0 saturated carbocycles. The molecule has 2 rings (SSSR count). The van der Waals surface area contributed by atoms with Gasteiger partial charge in [-0.15, -0.1) is 0 Å². The molecule has 1 unspecified atom stereocenters. The Labute approximate surface area is 128 Å². The van der Waals surface area contributed by atoms with Crippen LogP contribution in [0.3, 0.4) is 0 Å². The Morgan fingerprint density at radius 2 is 1.95 bits per heavy atom. The fourth-order valence-corrected chi connectivity index (χ4v) is 2.58. The molecule has 5 nitrogen and oxygen atoms in total. The summed E-state index contributed by atoms with van der Waals surface area (Å²) >= 11 is 0. The number of ether oxygens (including phenoxy) is 1. The molecule has 2 N–H and O–H groups in total. The average Bonchev–Trinajstić information content (AvgIpc) is 2.53. The molecule has 1 aromatic rings. The summed E-state index contributed by atoms with van der Waals surface area (Å²) in [6, 6.07) is 4.55.